The van der Waals surface area contributed by atoms with Gasteiger partial charge in [0.05, 0.1) is 25.4 Å². The average molecular weight is 259 g/mol. The first-order chi connectivity index (χ1) is 8.35. The first kappa shape index (κ1) is 14.9. The van der Waals surface area contributed by atoms with Crippen LogP contribution in [0.1, 0.15) is 27.2 Å². The van der Waals surface area contributed by atoms with E-state index in [1.807, 2.05) is 6.08 Å². The number of hydrogen-bond donors (Lipinski definition) is 2. The van der Waals surface area contributed by atoms with Crippen LogP contribution in [0, 0.1) is 0 Å². The second-order valence-corrected chi connectivity index (χ2v) is 5.12. The van der Waals surface area contributed by atoms with Crippen LogP contribution < -0.4 is 0 Å². The number of aliphatic hydroxyl groups is 1. The highest BCUT2D eigenvalue weighted by Gasteiger charge is 2.34. The van der Waals surface area contributed by atoms with Gasteiger partial charge in [0.1, 0.15) is 5.60 Å². The number of nitrogens with zero attached hydrogens (tertiary/aromatic N) is 1. The lowest BCUT2D eigenvalue weighted by Gasteiger charge is -2.29. The van der Waals surface area contributed by atoms with Gasteiger partial charge in [-0.15, -0.1) is 0 Å². The first-order valence-electron chi connectivity index (χ1n) is 5.95. The highest BCUT2D eigenvalue weighted by atomic mass is 16.6. The van der Waals surface area contributed by atoms with E-state index < -0.39 is 23.8 Å². The highest BCUT2D eigenvalue weighted by molar-refractivity contribution is 5.67. The third-order valence-electron chi connectivity index (χ3n) is 2.38. The quantitative estimate of drug-likeness (QED) is 0.452. The molecule has 1 rings (SSSR count). The molecule has 0 saturated heterocycles. The van der Waals surface area contributed by atoms with Crippen LogP contribution in [-0.4, -0.2) is 52.4 Å². The van der Waals surface area contributed by atoms with Gasteiger partial charge >= 0.3 is 6.09 Å². The predicted molar refractivity (Wildman–Crippen MR) is 64.2 cm³/mol. The maximum atomic E-state index is 11.7. The fourth-order valence-corrected chi connectivity index (χ4v) is 1.65. The second kappa shape index (κ2) is 6.17. The molecule has 18 heavy (non-hydrogen) atoms. The van der Waals surface area contributed by atoms with E-state index in [4.69, 9.17) is 14.6 Å². The summed E-state index contributed by atoms with van der Waals surface area (Å²) in [6, 6.07) is -0.508. The van der Waals surface area contributed by atoms with Gasteiger partial charge in [0, 0.05) is 0 Å². The van der Waals surface area contributed by atoms with Gasteiger partial charge in [0.25, 0.3) is 0 Å². The van der Waals surface area contributed by atoms with Gasteiger partial charge < -0.3 is 14.6 Å². The highest BCUT2D eigenvalue weighted by Crippen LogP contribution is 2.21. The third kappa shape index (κ3) is 4.29. The Morgan fingerprint density at radius 1 is 1.50 bits per heavy atom. The fourth-order valence-electron chi connectivity index (χ4n) is 1.65. The summed E-state index contributed by atoms with van der Waals surface area (Å²) in [4.78, 5) is 11.7. The summed E-state index contributed by atoms with van der Waals surface area (Å²) in [5.74, 6) is 0. The van der Waals surface area contributed by atoms with Crippen molar-refractivity contribution in [3.05, 3.63) is 12.2 Å². The number of carbonyl (C=O) groups excluding carboxylic acids is 1. The molecule has 0 aliphatic heterocycles. The number of ether oxygens (including phenoxy) is 2. The minimum atomic E-state index is -0.797. The van der Waals surface area contributed by atoms with E-state index in [1.54, 1.807) is 26.8 Å². The number of rotatable bonds is 4. The summed E-state index contributed by atoms with van der Waals surface area (Å²) < 4.78 is 10.4. The van der Waals surface area contributed by atoms with E-state index in [0.717, 1.165) is 0 Å². The lowest BCUT2D eigenvalue weighted by Crippen LogP contribution is -2.45. The van der Waals surface area contributed by atoms with Crippen molar-refractivity contribution in [3.63, 3.8) is 0 Å². The van der Waals surface area contributed by atoms with E-state index in [9.17, 15) is 10.0 Å². The lowest BCUT2D eigenvalue weighted by atomic mass is 10.2. The fraction of sp³-hybridized carbons (Fsp3) is 0.750. The van der Waals surface area contributed by atoms with Gasteiger partial charge in [0.2, 0.25) is 0 Å². The summed E-state index contributed by atoms with van der Waals surface area (Å²) in [6.07, 6.45) is 2.85. The number of amides is 1. The number of hydroxylamine groups is 2. The summed E-state index contributed by atoms with van der Waals surface area (Å²) in [5, 5.41) is 19.1. The molecule has 2 atom stereocenters. The molecular formula is C12H21NO5. The van der Waals surface area contributed by atoms with Crippen molar-refractivity contribution in [2.75, 3.05) is 13.2 Å². The molecule has 0 heterocycles. The Kier molecular flexibility index (Phi) is 5.13. The van der Waals surface area contributed by atoms with E-state index in [0.29, 0.717) is 11.5 Å². The topological polar surface area (TPSA) is 79.2 Å². The molecule has 0 aromatic heterocycles. The van der Waals surface area contributed by atoms with E-state index >= 15 is 0 Å². The Balaban J connectivity index is 2.55. The van der Waals surface area contributed by atoms with Crippen LogP contribution in [0.5, 0.6) is 0 Å². The molecule has 2 N–H and O–H groups in total. The number of carbonyl (C=O) groups is 1. The molecule has 0 aromatic rings. The summed E-state index contributed by atoms with van der Waals surface area (Å²) >= 11 is 0. The van der Waals surface area contributed by atoms with Gasteiger partial charge in [-0.25, -0.2) is 4.79 Å². The van der Waals surface area contributed by atoms with Crippen LogP contribution >= 0.6 is 0 Å². The molecule has 0 saturated carbocycles. The Bertz CT molecular complexity index is 310. The molecule has 1 amide bonds. The van der Waals surface area contributed by atoms with E-state index in [2.05, 4.69) is 0 Å². The van der Waals surface area contributed by atoms with Crippen molar-refractivity contribution in [2.24, 2.45) is 0 Å². The van der Waals surface area contributed by atoms with Gasteiger partial charge in [-0.2, -0.15) is 5.06 Å². The molecule has 0 spiro atoms. The number of aliphatic hydroxyl groups excluding tert-OH is 1. The minimum Gasteiger partial charge on any atom is -0.442 e. The molecule has 0 radical (unpaired) electrons. The zero-order valence-corrected chi connectivity index (χ0v) is 11.0. The van der Waals surface area contributed by atoms with Crippen molar-refractivity contribution in [1.82, 2.24) is 5.06 Å². The zero-order valence-electron chi connectivity index (χ0n) is 11.0. The van der Waals surface area contributed by atoms with E-state index in [-0.39, 0.29) is 13.2 Å². The molecule has 1 aliphatic carbocycles. The summed E-state index contributed by atoms with van der Waals surface area (Å²) in [7, 11) is 0. The average Bonchev–Trinajstić information content (AvgIpc) is 2.70. The first-order valence-corrected chi connectivity index (χ1v) is 5.95. The van der Waals surface area contributed by atoms with Crippen LogP contribution in [0.3, 0.4) is 0 Å². The molecule has 0 unspecified atom stereocenters. The molecule has 1 aliphatic rings. The smallest absolute Gasteiger partial charge is 0.434 e. The SMILES string of the molecule is CC(C)(C)OC(=O)N(O)[C@H]1CC=C[C@@H]1OCCO. The maximum absolute atomic E-state index is 11.7. The zero-order chi connectivity index (χ0) is 13.8. The number of hydrogen-bond acceptors (Lipinski definition) is 5. The van der Waals surface area contributed by atoms with Gasteiger partial charge in [0.15, 0.2) is 0 Å². The molecule has 0 aromatic carbocycles. The molecule has 6 nitrogen and oxygen atoms in total. The molecule has 0 fully saturated rings. The molecule has 104 valence electrons. The van der Waals surface area contributed by atoms with Crippen LogP contribution in [0.2, 0.25) is 0 Å². The Hall–Kier alpha value is -1.11. The molecule has 0 bridgehead atoms. The van der Waals surface area contributed by atoms with Crippen LogP contribution in [-0.2, 0) is 9.47 Å². The van der Waals surface area contributed by atoms with Gasteiger partial charge in [-0.1, -0.05) is 12.2 Å². The van der Waals surface area contributed by atoms with Crippen molar-refractivity contribution >= 4 is 6.09 Å². The maximum Gasteiger partial charge on any atom is 0.434 e. The Labute approximate surface area is 107 Å². The minimum absolute atomic E-state index is 0.102. The Morgan fingerprint density at radius 2 is 2.17 bits per heavy atom. The van der Waals surface area contributed by atoms with Gasteiger partial charge in [-0.05, 0) is 27.2 Å². The monoisotopic (exact) mass is 259 g/mol. The largest absolute Gasteiger partial charge is 0.442 e. The van der Waals surface area contributed by atoms with Crippen molar-refractivity contribution in [3.8, 4) is 0 Å². The van der Waals surface area contributed by atoms with E-state index in [1.165, 1.54) is 0 Å². The van der Waals surface area contributed by atoms with Crippen LogP contribution in [0.15, 0.2) is 12.2 Å². The molecular weight excluding hydrogens is 238 g/mol. The predicted octanol–water partition coefficient (Wildman–Crippen LogP) is 1.32. The molecule has 6 heteroatoms. The Morgan fingerprint density at radius 3 is 2.72 bits per heavy atom. The van der Waals surface area contributed by atoms with Crippen molar-refractivity contribution in [2.45, 2.75) is 44.9 Å². The lowest BCUT2D eigenvalue weighted by molar-refractivity contribution is -0.142. The van der Waals surface area contributed by atoms with Crippen LogP contribution in [0.4, 0.5) is 4.79 Å². The third-order valence-corrected chi connectivity index (χ3v) is 2.38. The summed E-state index contributed by atoms with van der Waals surface area (Å²) in [6.45, 7) is 5.24. The van der Waals surface area contributed by atoms with Crippen LogP contribution in [0.25, 0.3) is 0 Å². The van der Waals surface area contributed by atoms with Crippen molar-refractivity contribution < 1.29 is 24.6 Å². The second-order valence-electron chi connectivity index (χ2n) is 5.12. The standard InChI is InChI=1S/C12H21NO5/c1-12(2,3)18-11(15)13(16)9-5-4-6-10(9)17-8-7-14/h4,6,9-10,14,16H,5,7-8H2,1-3H3/t9-,10-/m0/s1. The van der Waals surface area contributed by atoms with Crippen molar-refractivity contribution in [1.29, 1.82) is 0 Å². The van der Waals surface area contributed by atoms with Gasteiger partial charge in [-0.3, -0.25) is 5.21 Å². The normalized spacial score (nSPS) is 23.2. The summed E-state index contributed by atoms with van der Waals surface area (Å²) in [5.41, 5.74) is -0.661.